The fourth-order valence-electron chi connectivity index (χ4n) is 5.24. The zero-order valence-electron chi connectivity index (χ0n) is 12.5. The van der Waals surface area contributed by atoms with Gasteiger partial charge in [0.2, 0.25) is 10.0 Å². The SMILES string of the molecule is Cc1c(N2C[C@@H]3[C@@H]([C@H]4CC35C[C@@H]4O5)S2(=O)=O)ccc(C#N)c1Cl. The van der Waals surface area contributed by atoms with Gasteiger partial charge in [-0.25, -0.2) is 8.42 Å². The first kappa shape index (κ1) is 14.1. The van der Waals surface area contributed by atoms with Gasteiger partial charge in [-0.1, -0.05) is 11.6 Å². The summed E-state index contributed by atoms with van der Waals surface area (Å²) in [4.78, 5) is 0. The molecule has 1 unspecified atom stereocenters. The molecular weight excluding hydrogens is 336 g/mol. The molecule has 0 radical (unpaired) electrons. The monoisotopic (exact) mass is 350 g/mol. The van der Waals surface area contributed by atoms with Crippen molar-refractivity contribution >= 4 is 27.3 Å². The van der Waals surface area contributed by atoms with Crippen LogP contribution in [0.4, 0.5) is 5.69 Å². The fourth-order valence-corrected chi connectivity index (χ4v) is 8.04. The second kappa shape index (κ2) is 4.02. The third kappa shape index (κ3) is 1.45. The Hall–Kier alpha value is -1.29. The second-order valence-corrected chi connectivity index (χ2v) is 9.52. The molecule has 7 heteroatoms. The minimum Gasteiger partial charge on any atom is -0.371 e. The largest absolute Gasteiger partial charge is 0.371 e. The molecule has 5 nitrogen and oxygen atoms in total. The molecule has 0 N–H and O–H groups in total. The van der Waals surface area contributed by atoms with Gasteiger partial charge in [0.1, 0.15) is 6.07 Å². The predicted octanol–water partition coefficient (Wildman–Crippen LogP) is 2.22. The highest BCUT2D eigenvalue weighted by atomic mass is 35.5. The van der Waals surface area contributed by atoms with Crippen LogP contribution in [-0.2, 0) is 14.8 Å². The molecule has 0 aromatic heterocycles. The van der Waals surface area contributed by atoms with Crippen LogP contribution in [0.3, 0.4) is 0 Å². The predicted molar refractivity (Wildman–Crippen MR) is 84.8 cm³/mol. The molecule has 3 aliphatic heterocycles. The highest BCUT2D eigenvalue weighted by Gasteiger charge is 2.77. The Morgan fingerprint density at radius 2 is 2.17 bits per heavy atom. The number of rotatable bonds is 1. The van der Waals surface area contributed by atoms with E-state index in [4.69, 9.17) is 21.6 Å². The maximum Gasteiger partial charge on any atom is 0.238 e. The van der Waals surface area contributed by atoms with Crippen molar-refractivity contribution in [2.24, 2.45) is 11.8 Å². The molecule has 5 aliphatic rings. The summed E-state index contributed by atoms with van der Waals surface area (Å²) in [6.07, 6.45) is 2.04. The Kier molecular flexibility index (Phi) is 2.47. The van der Waals surface area contributed by atoms with Gasteiger partial charge in [-0.05, 0) is 31.0 Å². The van der Waals surface area contributed by atoms with Crippen LogP contribution in [0.15, 0.2) is 12.1 Å². The molecule has 3 bridgehead atoms. The van der Waals surface area contributed by atoms with Crippen LogP contribution in [0, 0.1) is 30.1 Å². The number of benzene rings is 1. The summed E-state index contributed by atoms with van der Waals surface area (Å²) in [5.74, 6) is 0.195. The summed E-state index contributed by atoms with van der Waals surface area (Å²) in [6.45, 7) is 2.23. The number of fused-ring (bicyclic) bond motifs is 1. The molecule has 2 saturated carbocycles. The highest BCUT2D eigenvalue weighted by molar-refractivity contribution is 7.93. The summed E-state index contributed by atoms with van der Waals surface area (Å²) in [6, 6.07) is 5.32. The van der Waals surface area contributed by atoms with Crippen molar-refractivity contribution in [1.82, 2.24) is 0 Å². The standard InChI is InChI=1S/C16H15ClN2O3S/c1-8-12(3-2-9(6-18)14(8)17)19-7-11-15(23(19,20)21)10-4-16(11)5-13(10)22-16/h2-3,10-11,13,15H,4-5,7H2,1H3/t10-,11+,13-,15+,16?/m0/s1. The van der Waals surface area contributed by atoms with Gasteiger partial charge in [0.05, 0.1) is 33.2 Å². The molecule has 3 saturated heterocycles. The zero-order valence-corrected chi connectivity index (χ0v) is 14.1. The van der Waals surface area contributed by atoms with Crippen molar-refractivity contribution < 1.29 is 13.2 Å². The van der Waals surface area contributed by atoms with Crippen molar-refractivity contribution in [2.75, 3.05) is 10.8 Å². The Morgan fingerprint density at radius 3 is 2.83 bits per heavy atom. The summed E-state index contributed by atoms with van der Waals surface area (Å²) in [5.41, 5.74) is 1.41. The molecule has 120 valence electrons. The number of sulfonamides is 1. The van der Waals surface area contributed by atoms with E-state index in [9.17, 15) is 8.42 Å². The third-order valence-electron chi connectivity index (χ3n) is 6.25. The van der Waals surface area contributed by atoms with E-state index in [1.54, 1.807) is 19.1 Å². The molecule has 6 rings (SSSR count). The number of anilines is 1. The lowest BCUT2D eigenvalue weighted by molar-refractivity contribution is -0.203. The fraction of sp³-hybridized carbons (Fsp3) is 0.562. The van der Waals surface area contributed by atoms with E-state index in [2.05, 4.69) is 0 Å². The minimum absolute atomic E-state index is 0.0521. The van der Waals surface area contributed by atoms with E-state index in [0.717, 1.165) is 12.8 Å². The Balaban J connectivity index is 1.61. The van der Waals surface area contributed by atoms with Gasteiger partial charge in [0, 0.05) is 24.8 Å². The molecule has 1 aromatic rings. The van der Waals surface area contributed by atoms with E-state index < -0.39 is 10.0 Å². The first-order valence-electron chi connectivity index (χ1n) is 7.78. The molecule has 3 heterocycles. The first-order chi connectivity index (χ1) is 10.9. The molecule has 2 aliphatic carbocycles. The second-order valence-electron chi connectivity index (χ2n) is 7.12. The number of hydrogen-bond donors (Lipinski definition) is 0. The molecule has 0 amide bonds. The minimum atomic E-state index is -3.40. The smallest absolute Gasteiger partial charge is 0.238 e. The van der Waals surface area contributed by atoms with E-state index in [1.165, 1.54) is 4.31 Å². The summed E-state index contributed by atoms with van der Waals surface area (Å²) in [5, 5.41) is 9.08. The average Bonchev–Trinajstić information content (AvgIpc) is 3.17. The third-order valence-corrected chi connectivity index (χ3v) is 9.06. The van der Waals surface area contributed by atoms with Crippen molar-refractivity contribution in [3.8, 4) is 6.07 Å². The van der Waals surface area contributed by atoms with Crippen molar-refractivity contribution in [3.63, 3.8) is 0 Å². The van der Waals surface area contributed by atoms with Gasteiger partial charge in [-0.2, -0.15) is 5.26 Å². The summed E-state index contributed by atoms with van der Waals surface area (Å²) in [7, 11) is -3.40. The molecule has 5 atom stereocenters. The quantitative estimate of drug-likeness (QED) is 0.778. The Bertz CT molecular complexity index is 885. The highest BCUT2D eigenvalue weighted by Crippen LogP contribution is 2.67. The van der Waals surface area contributed by atoms with Crippen LogP contribution >= 0.6 is 11.6 Å². The molecule has 23 heavy (non-hydrogen) atoms. The number of hydrogen-bond acceptors (Lipinski definition) is 4. The van der Waals surface area contributed by atoms with Crippen LogP contribution in [-0.4, -0.2) is 31.9 Å². The van der Waals surface area contributed by atoms with E-state index >= 15 is 0 Å². The van der Waals surface area contributed by atoms with Crippen LogP contribution < -0.4 is 4.31 Å². The lowest BCUT2D eigenvalue weighted by atomic mass is 9.78. The van der Waals surface area contributed by atoms with Crippen molar-refractivity contribution in [1.29, 1.82) is 5.26 Å². The average molecular weight is 351 g/mol. The maximum absolute atomic E-state index is 13.1. The topological polar surface area (TPSA) is 70.4 Å². The number of nitrogens with zero attached hydrogens (tertiary/aromatic N) is 2. The molecular formula is C16H15ClN2O3S. The normalized spacial score (nSPS) is 41.5. The number of nitriles is 1. The van der Waals surface area contributed by atoms with Gasteiger partial charge in [0.15, 0.2) is 0 Å². The lowest BCUT2D eigenvalue weighted by Gasteiger charge is -2.48. The van der Waals surface area contributed by atoms with Gasteiger partial charge < -0.3 is 4.74 Å². The lowest BCUT2D eigenvalue weighted by Crippen LogP contribution is -2.56. The zero-order chi connectivity index (χ0) is 16.1. The van der Waals surface area contributed by atoms with Crippen LogP contribution in [0.1, 0.15) is 24.0 Å². The van der Waals surface area contributed by atoms with Crippen LogP contribution in [0.25, 0.3) is 0 Å². The van der Waals surface area contributed by atoms with Gasteiger partial charge in [-0.15, -0.1) is 0 Å². The maximum atomic E-state index is 13.1. The number of ether oxygens (including phenoxy) is 1. The van der Waals surface area contributed by atoms with E-state index in [-0.39, 0.29) is 28.8 Å². The van der Waals surface area contributed by atoms with E-state index in [1.807, 2.05) is 6.07 Å². The van der Waals surface area contributed by atoms with E-state index in [0.29, 0.717) is 28.4 Å². The summed E-state index contributed by atoms with van der Waals surface area (Å²) < 4.78 is 33.7. The molecule has 5 fully saturated rings. The van der Waals surface area contributed by atoms with Gasteiger partial charge >= 0.3 is 0 Å². The molecule has 1 aromatic carbocycles. The summed E-state index contributed by atoms with van der Waals surface area (Å²) >= 11 is 6.23. The number of halogens is 1. The van der Waals surface area contributed by atoms with Crippen LogP contribution in [0.2, 0.25) is 5.02 Å². The Morgan fingerprint density at radius 1 is 1.43 bits per heavy atom. The van der Waals surface area contributed by atoms with Crippen molar-refractivity contribution in [3.05, 3.63) is 28.3 Å². The van der Waals surface area contributed by atoms with Gasteiger partial charge in [-0.3, -0.25) is 4.31 Å². The van der Waals surface area contributed by atoms with Crippen molar-refractivity contribution in [2.45, 2.75) is 36.7 Å². The van der Waals surface area contributed by atoms with Crippen LogP contribution in [0.5, 0.6) is 0 Å². The Labute approximate surface area is 139 Å². The molecule has 1 spiro atoms. The first-order valence-corrected chi connectivity index (χ1v) is 9.66. The van der Waals surface area contributed by atoms with Gasteiger partial charge in [0.25, 0.3) is 0 Å².